The van der Waals surface area contributed by atoms with Crippen molar-refractivity contribution in [2.45, 2.75) is 275 Å². The standard InChI is InChI=1S/C50H96O9/c1-3-5-7-9-11-13-15-17-19-21-22-24-26-28-30-32-34-36-38-40-56-42-44(43-57-50-49(55)48(54)47(53)45(41-51)59-50)58-46(52)39-37-35-33-31-29-27-25-23-20-18-16-14-12-10-8-6-4-2/h18,20,44-45,47-51,53-55H,3-17,19,21-43H2,1-2H3/b20-18-. The van der Waals surface area contributed by atoms with Crippen LogP contribution >= 0.6 is 0 Å². The van der Waals surface area contributed by atoms with E-state index < -0.39 is 43.4 Å². The minimum atomic E-state index is -1.53. The maximum atomic E-state index is 12.8. The lowest BCUT2D eigenvalue weighted by Crippen LogP contribution is -2.59. The zero-order valence-corrected chi connectivity index (χ0v) is 38.5. The molecule has 9 heteroatoms. The van der Waals surface area contributed by atoms with Crippen LogP contribution < -0.4 is 0 Å². The average molecular weight is 841 g/mol. The summed E-state index contributed by atoms with van der Waals surface area (Å²) in [6.45, 7) is 4.60. The Morgan fingerprint density at radius 3 is 1.37 bits per heavy atom. The highest BCUT2D eigenvalue weighted by atomic mass is 16.7. The van der Waals surface area contributed by atoms with Gasteiger partial charge in [0.25, 0.3) is 0 Å². The summed E-state index contributed by atoms with van der Waals surface area (Å²) in [5.74, 6) is -0.313. The lowest BCUT2D eigenvalue weighted by Gasteiger charge is -2.39. The number of aliphatic hydroxyl groups excluding tert-OH is 4. The molecule has 0 aromatic rings. The fourth-order valence-electron chi connectivity index (χ4n) is 7.96. The Bertz CT molecular complexity index is 915. The first-order valence-corrected chi connectivity index (χ1v) is 25.3. The first-order chi connectivity index (χ1) is 28.9. The monoisotopic (exact) mass is 841 g/mol. The Hall–Kier alpha value is -1.07. The van der Waals surface area contributed by atoms with Crippen LogP contribution in [0.25, 0.3) is 0 Å². The van der Waals surface area contributed by atoms with Crippen molar-refractivity contribution < 1.29 is 44.2 Å². The summed E-state index contributed by atoms with van der Waals surface area (Å²) >= 11 is 0. The summed E-state index contributed by atoms with van der Waals surface area (Å²) < 4.78 is 22.9. The minimum absolute atomic E-state index is 0.109. The van der Waals surface area contributed by atoms with Crippen LogP contribution in [-0.2, 0) is 23.7 Å². The molecule has 1 heterocycles. The molecule has 1 saturated heterocycles. The molecule has 1 aliphatic heterocycles. The Morgan fingerprint density at radius 1 is 0.525 bits per heavy atom. The summed E-state index contributed by atoms with van der Waals surface area (Å²) in [6.07, 6.45) is 41.0. The van der Waals surface area contributed by atoms with E-state index in [-0.39, 0.29) is 19.2 Å². The number of allylic oxidation sites excluding steroid dienone is 2. The van der Waals surface area contributed by atoms with Gasteiger partial charge >= 0.3 is 5.97 Å². The molecule has 1 rings (SSSR count). The van der Waals surface area contributed by atoms with Crippen LogP contribution in [-0.4, -0.2) is 89.6 Å². The molecular formula is C50H96O9. The molecule has 59 heavy (non-hydrogen) atoms. The molecular weight excluding hydrogens is 745 g/mol. The van der Waals surface area contributed by atoms with Gasteiger partial charge in [-0.25, -0.2) is 0 Å². The highest BCUT2D eigenvalue weighted by molar-refractivity contribution is 5.69. The first kappa shape index (κ1) is 55.9. The maximum absolute atomic E-state index is 12.8. The summed E-state index contributed by atoms with van der Waals surface area (Å²) in [5.41, 5.74) is 0. The quantitative estimate of drug-likeness (QED) is 0.0269. The van der Waals surface area contributed by atoms with E-state index >= 15 is 0 Å². The second-order valence-electron chi connectivity index (χ2n) is 17.6. The molecule has 350 valence electrons. The van der Waals surface area contributed by atoms with Gasteiger partial charge in [-0.3, -0.25) is 4.79 Å². The van der Waals surface area contributed by atoms with Crippen molar-refractivity contribution in [1.82, 2.24) is 0 Å². The van der Waals surface area contributed by atoms with Gasteiger partial charge in [-0.05, 0) is 38.5 Å². The number of unbranched alkanes of at least 4 members (excludes halogenated alkanes) is 31. The van der Waals surface area contributed by atoms with Gasteiger partial charge in [0, 0.05) is 13.0 Å². The van der Waals surface area contributed by atoms with Crippen LogP contribution in [0.1, 0.15) is 239 Å². The molecule has 9 nitrogen and oxygen atoms in total. The first-order valence-electron chi connectivity index (χ1n) is 25.3. The molecule has 0 bridgehead atoms. The largest absolute Gasteiger partial charge is 0.457 e. The SMILES string of the molecule is CCCCCCCC/C=C\CCCCCCCCCC(=O)OC(COCCCCCCCCCCCCCCCCCCCCC)COC1OC(CO)C(O)C(O)C1O. The number of carbonyl (C=O) groups excluding carboxylic acids is 1. The van der Waals surface area contributed by atoms with Crippen molar-refractivity contribution in [2.24, 2.45) is 0 Å². The molecule has 0 spiro atoms. The summed E-state index contributed by atoms with van der Waals surface area (Å²) in [4.78, 5) is 12.8. The Kier molecular flexibility index (Phi) is 40.1. The van der Waals surface area contributed by atoms with Gasteiger partial charge in [-0.15, -0.1) is 0 Å². The molecule has 0 radical (unpaired) electrons. The molecule has 6 atom stereocenters. The lowest BCUT2D eigenvalue weighted by atomic mass is 9.99. The summed E-state index contributed by atoms with van der Waals surface area (Å²) in [6, 6.07) is 0. The van der Waals surface area contributed by atoms with Gasteiger partial charge < -0.3 is 39.4 Å². The summed E-state index contributed by atoms with van der Waals surface area (Å²) in [7, 11) is 0. The fraction of sp³-hybridized carbons (Fsp3) is 0.940. The van der Waals surface area contributed by atoms with Crippen LogP contribution in [0.5, 0.6) is 0 Å². The number of carbonyl (C=O) groups is 1. The van der Waals surface area contributed by atoms with Gasteiger partial charge in [-0.2, -0.15) is 0 Å². The lowest BCUT2D eigenvalue weighted by molar-refractivity contribution is -0.305. The maximum Gasteiger partial charge on any atom is 0.306 e. The van der Waals surface area contributed by atoms with Crippen molar-refractivity contribution in [3.8, 4) is 0 Å². The topological polar surface area (TPSA) is 135 Å². The van der Waals surface area contributed by atoms with Crippen molar-refractivity contribution >= 4 is 5.97 Å². The van der Waals surface area contributed by atoms with Crippen molar-refractivity contribution in [3.63, 3.8) is 0 Å². The molecule has 4 N–H and O–H groups in total. The van der Waals surface area contributed by atoms with Crippen LogP contribution in [0.3, 0.4) is 0 Å². The van der Waals surface area contributed by atoms with E-state index in [0.29, 0.717) is 13.0 Å². The fourth-order valence-corrected chi connectivity index (χ4v) is 7.96. The molecule has 6 unspecified atom stereocenters. The zero-order valence-electron chi connectivity index (χ0n) is 38.5. The average Bonchev–Trinajstić information content (AvgIpc) is 3.24. The molecule has 0 aromatic carbocycles. The number of ether oxygens (including phenoxy) is 4. The van der Waals surface area contributed by atoms with E-state index in [1.165, 1.54) is 186 Å². The van der Waals surface area contributed by atoms with Gasteiger partial charge in [-0.1, -0.05) is 206 Å². The van der Waals surface area contributed by atoms with Gasteiger partial charge in [0.1, 0.15) is 30.5 Å². The van der Waals surface area contributed by atoms with Crippen molar-refractivity contribution in [2.75, 3.05) is 26.4 Å². The Labute approximate surface area is 363 Å². The van der Waals surface area contributed by atoms with Crippen molar-refractivity contribution in [1.29, 1.82) is 0 Å². The summed E-state index contributed by atoms with van der Waals surface area (Å²) in [5, 5.41) is 40.2. The third-order valence-corrected chi connectivity index (χ3v) is 11.9. The number of aliphatic hydroxyl groups is 4. The normalized spacial score (nSPS) is 20.1. The smallest absolute Gasteiger partial charge is 0.306 e. The molecule has 1 fully saturated rings. The highest BCUT2D eigenvalue weighted by Crippen LogP contribution is 2.23. The minimum Gasteiger partial charge on any atom is -0.457 e. The molecule has 0 aliphatic carbocycles. The van der Waals surface area contributed by atoms with Crippen LogP contribution in [0, 0.1) is 0 Å². The van der Waals surface area contributed by atoms with E-state index in [9.17, 15) is 25.2 Å². The highest BCUT2D eigenvalue weighted by Gasteiger charge is 2.44. The van der Waals surface area contributed by atoms with E-state index in [4.69, 9.17) is 18.9 Å². The number of rotatable bonds is 44. The molecule has 1 aliphatic rings. The second-order valence-corrected chi connectivity index (χ2v) is 17.6. The molecule has 0 aromatic heterocycles. The number of hydrogen-bond donors (Lipinski definition) is 4. The van der Waals surface area contributed by atoms with Crippen LogP contribution in [0.15, 0.2) is 12.2 Å². The molecule has 0 saturated carbocycles. The predicted molar refractivity (Wildman–Crippen MR) is 243 cm³/mol. The zero-order chi connectivity index (χ0) is 42.9. The third kappa shape index (κ3) is 33.2. The van der Waals surface area contributed by atoms with E-state index in [2.05, 4.69) is 26.0 Å². The number of hydrogen-bond acceptors (Lipinski definition) is 9. The van der Waals surface area contributed by atoms with E-state index in [1.807, 2.05) is 0 Å². The Balaban J connectivity index is 2.20. The van der Waals surface area contributed by atoms with Crippen LogP contribution in [0.2, 0.25) is 0 Å². The Morgan fingerprint density at radius 2 is 0.932 bits per heavy atom. The van der Waals surface area contributed by atoms with Crippen molar-refractivity contribution in [3.05, 3.63) is 12.2 Å². The second kappa shape index (κ2) is 42.2. The molecule has 0 amide bonds. The van der Waals surface area contributed by atoms with E-state index in [0.717, 1.165) is 32.1 Å². The third-order valence-electron chi connectivity index (χ3n) is 11.9. The van der Waals surface area contributed by atoms with Gasteiger partial charge in [0.15, 0.2) is 6.29 Å². The van der Waals surface area contributed by atoms with Gasteiger partial charge in [0.2, 0.25) is 0 Å². The predicted octanol–water partition coefficient (Wildman–Crippen LogP) is 12.0. The van der Waals surface area contributed by atoms with Crippen LogP contribution in [0.4, 0.5) is 0 Å². The number of esters is 1. The van der Waals surface area contributed by atoms with E-state index in [1.54, 1.807) is 0 Å². The van der Waals surface area contributed by atoms with Gasteiger partial charge in [0.05, 0.1) is 19.8 Å².